The quantitative estimate of drug-likeness (QED) is 0.380. The molecule has 182 valence electrons. The summed E-state index contributed by atoms with van der Waals surface area (Å²) in [5.41, 5.74) is 0.726. The monoisotopic (exact) mass is 498 g/mol. The first-order valence-electron chi connectivity index (χ1n) is 11.4. The van der Waals surface area contributed by atoms with Crippen LogP contribution in [0.5, 0.6) is 0 Å². The molecule has 1 aliphatic heterocycles. The molecule has 4 aromatic rings. The number of carbonyl (C=O) groups is 1. The lowest BCUT2D eigenvalue weighted by Gasteiger charge is -2.36. The summed E-state index contributed by atoms with van der Waals surface area (Å²) in [7, 11) is 0. The van der Waals surface area contributed by atoms with Crippen LogP contribution in [0.3, 0.4) is 0 Å². The lowest BCUT2D eigenvalue weighted by Crippen LogP contribution is -2.49. The number of thioether (sulfide) groups is 1. The molecule has 1 aliphatic rings. The van der Waals surface area contributed by atoms with Gasteiger partial charge in [0.2, 0.25) is 11.7 Å². The fourth-order valence-corrected chi connectivity index (χ4v) is 5.24. The fourth-order valence-electron chi connectivity index (χ4n) is 4.40. The molecule has 8 nitrogen and oxygen atoms in total. The third-order valence-electron chi connectivity index (χ3n) is 6.13. The van der Waals surface area contributed by atoms with E-state index >= 15 is 0 Å². The Morgan fingerprint density at radius 3 is 2.57 bits per heavy atom. The second-order valence-corrected chi connectivity index (χ2v) is 9.29. The van der Waals surface area contributed by atoms with Crippen LogP contribution in [0.25, 0.3) is 16.7 Å². The van der Waals surface area contributed by atoms with E-state index in [0.29, 0.717) is 61.3 Å². The Morgan fingerprint density at radius 2 is 1.83 bits per heavy atom. The lowest BCUT2D eigenvalue weighted by atomic mass is 10.2. The fraction of sp³-hybridized carbons (Fsp3) is 0.333. The highest BCUT2D eigenvalue weighted by Crippen LogP contribution is 2.24. The molecule has 1 amide bonds. The largest absolute Gasteiger partial charge is 0.366 e. The minimum Gasteiger partial charge on any atom is -0.366 e. The van der Waals surface area contributed by atoms with E-state index < -0.39 is 5.82 Å². The van der Waals surface area contributed by atoms with Gasteiger partial charge in [-0.25, -0.2) is 8.78 Å². The number of fused-ring (bicyclic) bond motifs is 3. The zero-order valence-corrected chi connectivity index (χ0v) is 20.0. The van der Waals surface area contributed by atoms with Gasteiger partial charge in [0.1, 0.15) is 11.6 Å². The number of amides is 1. The predicted octanol–water partition coefficient (Wildman–Crippen LogP) is 3.17. The molecule has 3 heterocycles. The normalized spacial score (nSPS) is 14.3. The Kier molecular flexibility index (Phi) is 6.42. The Morgan fingerprint density at radius 1 is 1.06 bits per heavy atom. The molecular weight excluding hydrogens is 474 g/mol. The number of hydrogen-bond acceptors (Lipinski definition) is 6. The third kappa shape index (κ3) is 4.36. The molecule has 11 heteroatoms. The van der Waals surface area contributed by atoms with Crippen molar-refractivity contribution in [2.24, 2.45) is 0 Å². The first kappa shape index (κ1) is 23.3. The van der Waals surface area contributed by atoms with Crippen LogP contribution in [0.1, 0.15) is 13.3 Å². The van der Waals surface area contributed by atoms with Gasteiger partial charge in [0.15, 0.2) is 5.16 Å². The summed E-state index contributed by atoms with van der Waals surface area (Å²) in [5.74, 6) is -0.323. The molecule has 35 heavy (non-hydrogen) atoms. The summed E-state index contributed by atoms with van der Waals surface area (Å²) in [6, 6.07) is 10.7. The van der Waals surface area contributed by atoms with Crippen LogP contribution in [0, 0.1) is 11.6 Å². The first-order valence-corrected chi connectivity index (χ1v) is 12.4. The molecular formula is C24H24F2N6O2S. The second kappa shape index (κ2) is 9.65. The van der Waals surface area contributed by atoms with Crippen molar-refractivity contribution < 1.29 is 13.6 Å². The predicted molar refractivity (Wildman–Crippen MR) is 131 cm³/mol. The van der Waals surface area contributed by atoms with E-state index in [1.54, 1.807) is 27.5 Å². The van der Waals surface area contributed by atoms with Crippen LogP contribution in [0.4, 0.5) is 14.5 Å². The van der Waals surface area contributed by atoms with Crippen molar-refractivity contribution >= 4 is 40.0 Å². The van der Waals surface area contributed by atoms with Gasteiger partial charge in [-0.2, -0.15) is 0 Å². The summed E-state index contributed by atoms with van der Waals surface area (Å²) in [4.78, 5) is 29.6. The Balaban J connectivity index is 1.34. The van der Waals surface area contributed by atoms with E-state index in [-0.39, 0.29) is 28.4 Å². The molecule has 0 atom stereocenters. The molecule has 0 spiro atoms. The maximum atomic E-state index is 14.1. The number of aryl methyl sites for hydroxylation is 1. The average Bonchev–Trinajstić information content (AvgIpc) is 3.29. The van der Waals surface area contributed by atoms with Crippen LogP contribution in [-0.4, -0.2) is 61.9 Å². The van der Waals surface area contributed by atoms with Crippen molar-refractivity contribution in [1.82, 2.24) is 24.1 Å². The van der Waals surface area contributed by atoms with E-state index in [2.05, 4.69) is 10.2 Å². The molecule has 0 aliphatic carbocycles. The number of nitrogens with zero attached hydrogens (tertiary/aromatic N) is 6. The molecule has 0 saturated carbocycles. The van der Waals surface area contributed by atoms with E-state index in [9.17, 15) is 18.4 Å². The van der Waals surface area contributed by atoms with E-state index in [0.717, 1.165) is 0 Å². The van der Waals surface area contributed by atoms with Crippen LogP contribution in [0.15, 0.2) is 52.4 Å². The van der Waals surface area contributed by atoms with Crippen molar-refractivity contribution in [2.45, 2.75) is 25.0 Å². The minimum atomic E-state index is -0.496. The van der Waals surface area contributed by atoms with Gasteiger partial charge < -0.3 is 9.80 Å². The summed E-state index contributed by atoms with van der Waals surface area (Å²) in [6.45, 7) is 4.44. The molecule has 5 rings (SSSR count). The van der Waals surface area contributed by atoms with Crippen molar-refractivity contribution in [3.8, 4) is 0 Å². The van der Waals surface area contributed by atoms with E-state index in [4.69, 9.17) is 0 Å². The van der Waals surface area contributed by atoms with Crippen LogP contribution < -0.4 is 10.5 Å². The molecule has 2 aromatic heterocycles. The molecule has 0 unspecified atom stereocenters. The maximum absolute atomic E-state index is 14.1. The molecule has 1 saturated heterocycles. The Labute approximate surface area is 204 Å². The Hall–Kier alpha value is -3.47. The van der Waals surface area contributed by atoms with Crippen LogP contribution >= 0.6 is 11.8 Å². The standard InChI is InChI=1S/C24H24F2N6O2S/c1-2-9-31-22(34)17-14-16(25)7-8-19(17)32-23(31)27-28-24(32)35-15-21(33)30-12-10-29(11-13-30)20-6-4-3-5-18(20)26/h3-8,14H,2,9-13,15H2,1H3. The molecule has 0 bridgehead atoms. The molecule has 1 fully saturated rings. The minimum absolute atomic E-state index is 0.0582. The van der Waals surface area contributed by atoms with Gasteiger partial charge in [0.25, 0.3) is 5.56 Å². The highest BCUT2D eigenvalue weighted by atomic mass is 32.2. The van der Waals surface area contributed by atoms with Crippen molar-refractivity contribution in [3.63, 3.8) is 0 Å². The van der Waals surface area contributed by atoms with E-state index in [1.807, 2.05) is 11.8 Å². The summed E-state index contributed by atoms with van der Waals surface area (Å²) < 4.78 is 31.2. The lowest BCUT2D eigenvalue weighted by molar-refractivity contribution is -0.128. The van der Waals surface area contributed by atoms with Gasteiger partial charge >= 0.3 is 0 Å². The van der Waals surface area contributed by atoms with Crippen LogP contribution in [0.2, 0.25) is 0 Å². The van der Waals surface area contributed by atoms with Gasteiger partial charge in [-0.15, -0.1) is 10.2 Å². The number of carbonyl (C=O) groups excluding carboxylic acids is 1. The average molecular weight is 499 g/mol. The first-order chi connectivity index (χ1) is 17.0. The van der Waals surface area contributed by atoms with Crippen molar-refractivity contribution in [3.05, 3.63) is 64.5 Å². The topological polar surface area (TPSA) is 75.7 Å². The zero-order valence-electron chi connectivity index (χ0n) is 19.2. The number of halogens is 2. The number of rotatable bonds is 6. The van der Waals surface area contributed by atoms with Gasteiger partial charge in [0.05, 0.1) is 22.3 Å². The smallest absolute Gasteiger partial charge is 0.262 e. The number of para-hydroxylation sites is 1. The number of benzene rings is 2. The number of anilines is 1. The number of aromatic nitrogens is 4. The zero-order chi connectivity index (χ0) is 24.5. The van der Waals surface area contributed by atoms with Gasteiger partial charge in [0, 0.05) is 32.7 Å². The van der Waals surface area contributed by atoms with Crippen LogP contribution in [-0.2, 0) is 11.3 Å². The maximum Gasteiger partial charge on any atom is 0.262 e. The molecule has 0 radical (unpaired) electrons. The summed E-state index contributed by atoms with van der Waals surface area (Å²) in [6.07, 6.45) is 0.697. The summed E-state index contributed by atoms with van der Waals surface area (Å²) >= 11 is 1.23. The number of piperazine rings is 1. The third-order valence-corrected chi connectivity index (χ3v) is 7.04. The van der Waals surface area contributed by atoms with Crippen molar-refractivity contribution in [1.29, 1.82) is 0 Å². The highest BCUT2D eigenvalue weighted by molar-refractivity contribution is 7.99. The van der Waals surface area contributed by atoms with Gasteiger partial charge in [-0.3, -0.25) is 18.6 Å². The molecule has 2 aromatic carbocycles. The number of hydrogen-bond donors (Lipinski definition) is 0. The van der Waals surface area contributed by atoms with Gasteiger partial charge in [-0.05, 0) is 36.8 Å². The van der Waals surface area contributed by atoms with Crippen molar-refractivity contribution in [2.75, 3.05) is 36.8 Å². The second-order valence-electron chi connectivity index (χ2n) is 8.34. The highest BCUT2D eigenvalue weighted by Gasteiger charge is 2.24. The SMILES string of the molecule is CCCn1c(=O)c2cc(F)ccc2n2c(SCC(=O)N3CCN(c4ccccc4F)CC3)nnc12. The van der Waals surface area contributed by atoms with E-state index in [1.165, 1.54) is 40.6 Å². The van der Waals surface area contributed by atoms with Gasteiger partial charge in [-0.1, -0.05) is 30.8 Å². The Bertz CT molecular complexity index is 1460. The molecule has 0 N–H and O–H groups in total. The summed E-state index contributed by atoms with van der Waals surface area (Å²) in [5, 5.41) is 9.14.